The van der Waals surface area contributed by atoms with Gasteiger partial charge in [-0.25, -0.2) is 4.39 Å². The van der Waals surface area contributed by atoms with Crippen LogP contribution in [0.1, 0.15) is 19.4 Å². The fourth-order valence-corrected chi connectivity index (χ4v) is 1.11. The summed E-state index contributed by atoms with van der Waals surface area (Å²) in [5, 5.41) is 9.51. The van der Waals surface area contributed by atoms with E-state index in [1.54, 1.807) is 0 Å². The van der Waals surface area contributed by atoms with Gasteiger partial charge in [-0.1, -0.05) is 12.1 Å². The van der Waals surface area contributed by atoms with Gasteiger partial charge in [0.15, 0.2) is 0 Å². The number of nitrogens with two attached hydrogens (primary N) is 1. The van der Waals surface area contributed by atoms with Crippen LogP contribution in [0.4, 0.5) is 4.39 Å². The van der Waals surface area contributed by atoms with Crippen molar-refractivity contribution in [1.82, 2.24) is 0 Å². The lowest BCUT2D eigenvalue weighted by molar-refractivity contribution is -0.152. The second kappa shape index (κ2) is 5.25. The second-order valence-corrected chi connectivity index (χ2v) is 4.37. The molecule has 1 aromatic carbocycles. The molecule has 0 saturated heterocycles. The largest absolute Gasteiger partial charge is 0.460 e. The third-order valence-corrected chi connectivity index (χ3v) is 2.31. The van der Waals surface area contributed by atoms with E-state index in [1.165, 1.54) is 38.1 Å². The van der Waals surface area contributed by atoms with Gasteiger partial charge in [0.2, 0.25) is 0 Å². The van der Waals surface area contributed by atoms with Crippen LogP contribution in [0.3, 0.4) is 0 Å². The molecule has 94 valence electrons. The molecule has 0 aliphatic rings. The van der Waals surface area contributed by atoms with E-state index in [2.05, 4.69) is 0 Å². The van der Waals surface area contributed by atoms with Gasteiger partial charge < -0.3 is 15.6 Å². The average molecular weight is 241 g/mol. The molecule has 0 radical (unpaired) electrons. The highest BCUT2D eigenvalue weighted by Gasteiger charge is 2.30. The number of halogens is 1. The number of hydrogen-bond donors (Lipinski definition) is 2. The van der Waals surface area contributed by atoms with Crippen molar-refractivity contribution in [2.45, 2.75) is 32.1 Å². The van der Waals surface area contributed by atoms with Crippen LogP contribution in [0, 0.1) is 5.82 Å². The molecular formula is C12H16FNO3. The van der Waals surface area contributed by atoms with Gasteiger partial charge in [-0.05, 0) is 31.5 Å². The standard InChI is InChI=1S/C12H16FNO3/c1-12(2,16)10(14)11(15)17-7-8-3-5-9(13)6-4-8/h3-6,10,16H,7,14H2,1-2H3/t10-/m1/s1. The molecule has 17 heavy (non-hydrogen) atoms. The molecule has 1 rings (SSSR count). The maximum atomic E-state index is 12.6. The Hall–Kier alpha value is -1.46. The molecule has 4 nitrogen and oxygen atoms in total. The van der Waals surface area contributed by atoms with E-state index in [0.29, 0.717) is 5.56 Å². The van der Waals surface area contributed by atoms with Crippen molar-refractivity contribution >= 4 is 5.97 Å². The smallest absolute Gasteiger partial charge is 0.326 e. The first-order valence-corrected chi connectivity index (χ1v) is 5.20. The highest BCUT2D eigenvalue weighted by molar-refractivity contribution is 5.76. The Morgan fingerprint density at radius 2 is 2.00 bits per heavy atom. The van der Waals surface area contributed by atoms with Crippen LogP contribution in [-0.4, -0.2) is 22.7 Å². The molecule has 0 aliphatic carbocycles. The van der Waals surface area contributed by atoms with Gasteiger partial charge in [0.25, 0.3) is 0 Å². The highest BCUT2D eigenvalue weighted by Crippen LogP contribution is 2.10. The molecule has 1 aromatic rings. The van der Waals surface area contributed by atoms with Crippen molar-refractivity contribution in [2.24, 2.45) is 5.73 Å². The maximum Gasteiger partial charge on any atom is 0.326 e. The molecule has 1 atom stereocenters. The van der Waals surface area contributed by atoms with Crippen LogP contribution in [0.15, 0.2) is 24.3 Å². The zero-order chi connectivity index (χ0) is 13.1. The third-order valence-electron chi connectivity index (χ3n) is 2.31. The van der Waals surface area contributed by atoms with Crippen LogP contribution in [0.5, 0.6) is 0 Å². The van der Waals surface area contributed by atoms with E-state index in [-0.39, 0.29) is 12.4 Å². The summed E-state index contributed by atoms with van der Waals surface area (Å²) in [6, 6.07) is 4.47. The van der Waals surface area contributed by atoms with Gasteiger partial charge in [0.1, 0.15) is 18.5 Å². The lowest BCUT2D eigenvalue weighted by Gasteiger charge is -2.23. The minimum atomic E-state index is -1.33. The fraction of sp³-hybridized carbons (Fsp3) is 0.417. The van der Waals surface area contributed by atoms with Gasteiger partial charge in [-0.3, -0.25) is 4.79 Å². The summed E-state index contributed by atoms with van der Waals surface area (Å²) >= 11 is 0. The quantitative estimate of drug-likeness (QED) is 0.770. The fourth-order valence-electron chi connectivity index (χ4n) is 1.11. The van der Waals surface area contributed by atoms with Crippen molar-refractivity contribution in [3.05, 3.63) is 35.6 Å². The average Bonchev–Trinajstić information content (AvgIpc) is 2.25. The summed E-state index contributed by atoms with van der Waals surface area (Å²) in [7, 11) is 0. The zero-order valence-electron chi connectivity index (χ0n) is 9.81. The summed E-state index contributed by atoms with van der Waals surface area (Å²) in [6.45, 7) is 2.86. The number of ether oxygens (including phenoxy) is 1. The first-order valence-electron chi connectivity index (χ1n) is 5.20. The zero-order valence-corrected chi connectivity index (χ0v) is 9.81. The van der Waals surface area contributed by atoms with Crippen LogP contribution < -0.4 is 5.73 Å². The van der Waals surface area contributed by atoms with Crippen molar-refractivity contribution in [3.8, 4) is 0 Å². The van der Waals surface area contributed by atoms with E-state index < -0.39 is 17.6 Å². The van der Waals surface area contributed by atoms with Crippen molar-refractivity contribution in [2.75, 3.05) is 0 Å². The molecular weight excluding hydrogens is 225 g/mol. The van der Waals surface area contributed by atoms with Crippen LogP contribution in [0.2, 0.25) is 0 Å². The molecule has 0 unspecified atom stereocenters. The van der Waals surface area contributed by atoms with Crippen molar-refractivity contribution in [1.29, 1.82) is 0 Å². The predicted molar refractivity (Wildman–Crippen MR) is 60.5 cm³/mol. The number of rotatable bonds is 4. The van der Waals surface area contributed by atoms with Gasteiger partial charge in [0, 0.05) is 0 Å². The van der Waals surface area contributed by atoms with Gasteiger partial charge >= 0.3 is 5.97 Å². The third kappa shape index (κ3) is 4.13. The van der Waals surface area contributed by atoms with Crippen LogP contribution >= 0.6 is 0 Å². The second-order valence-electron chi connectivity index (χ2n) is 4.37. The summed E-state index contributed by atoms with van der Waals surface area (Å²) < 4.78 is 17.5. The van der Waals surface area contributed by atoms with E-state index in [1.807, 2.05) is 0 Å². The minimum Gasteiger partial charge on any atom is -0.460 e. The predicted octanol–water partition coefficient (Wildman–Crippen LogP) is 0.967. The summed E-state index contributed by atoms with van der Waals surface area (Å²) in [4.78, 5) is 11.4. The Morgan fingerprint density at radius 1 is 1.47 bits per heavy atom. The SMILES string of the molecule is CC(C)(O)[C@H](N)C(=O)OCc1ccc(F)cc1. The lowest BCUT2D eigenvalue weighted by atomic mass is 10.0. The molecule has 0 aliphatic heterocycles. The lowest BCUT2D eigenvalue weighted by Crippen LogP contribution is -2.49. The van der Waals surface area contributed by atoms with Crippen LogP contribution in [0.25, 0.3) is 0 Å². The van der Waals surface area contributed by atoms with Gasteiger partial charge in [-0.15, -0.1) is 0 Å². The van der Waals surface area contributed by atoms with Crippen molar-refractivity contribution in [3.63, 3.8) is 0 Å². The van der Waals surface area contributed by atoms with E-state index in [0.717, 1.165) is 0 Å². The van der Waals surface area contributed by atoms with Gasteiger partial charge in [-0.2, -0.15) is 0 Å². The Kier molecular flexibility index (Phi) is 4.20. The topological polar surface area (TPSA) is 72.5 Å². The molecule has 0 spiro atoms. The monoisotopic (exact) mass is 241 g/mol. The number of hydrogen-bond acceptors (Lipinski definition) is 4. The Balaban J connectivity index is 2.51. The molecule has 0 fully saturated rings. The van der Waals surface area contributed by atoms with Crippen molar-refractivity contribution < 1.29 is 19.0 Å². The van der Waals surface area contributed by atoms with Gasteiger partial charge in [0.05, 0.1) is 5.60 Å². The minimum absolute atomic E-state index is 0.00287. The molecule has 0 saturated carbocycles. The number of carbonyl (C=O) groups excluding carboxylic acids is 1. The molecule has 0 bridgehead atoms. The summed E-state index contributed by atoms with van der Waals surface area (Å²) in [5.41, 5.74) is 4.82. The number of carbonyl (C=O) groups is 1. The first kappa shape index (κ1) is 13.6. The molecule has 5 heteroatoms. The number of benzene rings is 1. The highest BCUT2D eigenvalue weighted by atomic mass is 19.1. The molecule has 3 N–H and O–H groups in total. The Morgan fingerprint density at radius 3 is 2.47 bits per heavy atom. The summed E-state index contributed by atoms with van der Waals surface area (Å²) in [5.74, 6) is -1.05. The Labute approximate surface area is 99.2 Å². The van der Waals surface area contributed by atoms with E-state index in [9.17, 15) is 14.3 Å². The first-order chi connectivity index (χ1) is 7.80. The normalized spacial score (nSPS) is 13.2. The van der Waals surface area contributed by atoms with E-state index in [4.69, 9.17) is 10.5 Å². The van der Waals surface area contributed by atoms with Crippen LogP contribution in [-0.2, 0) is 16.1 Å². The van der Waals surface area contributed by atoms with E-state index >= 15 is 0 Å². The molecule has 0 amide bonds. The number of esters is 1. The number of aliphatic hydroxyl groups is 1. The molecule has 0 aromatic heterocycles. The Bertz CT molecular complexity index is 384. The molecule has 0 heterocycles. The maximum absolute atomic E-state index is 12.6. The summed E-state index contributed by atoms with van der Waals surface area (Å²) in [6.07, 6.45) is 0.